The molecule has 0 saturated heterocycles. The first-order valence-electron chi connectivity index (χ1n) is 3.58. The van der Waals surface area contributed by atoms with Gasteiger partial charge in [0.05, 0.1) is 25.2 Å². The molecule has 1 amide bonds. The van der Waals surface area contributed by atoms with Crippen molar-refractivity contribution in [2.24, 2.45) is 11.5 Å². The van der Waals surface area contributed by atoms with Gasteiger partial charge < -0.3 is 27.0 Å². The summed E-state index contributed by atoms with van der Waals surface area (Å²) in [4.78, 5) is 10.6. The second-order valence-electron chi connectivity index (χ2n) is 2.78. The second-order valence-corrected chi connectivity index (χ2v) is 2.78. The molecule has 0 aromatic heterocycles. The van der Waals surface area contributed by atoms with Crippen LogP contribution in [0.4, 0.5) is 0 Å². The third-order valence-electron chi connectivity index (χ3n) is 1.52. The van der Waals surface area contributed by atoms with Gasteiger partial charge in [0, 0.05) is 0 Å². The molecule has 0 fully saturated rings. The third-order valence-corrected chi connectivity index (χ3v) is 1.52. The van der Waals surface area contributed by atoms with Gasteiger partial charge in [0.1, 0.15) is 0 Å². The Bertz CT molecular complexity index is 184. The quantitative estimate of drug-likeness (QED) is 0.203. The van der Waals surface area contributed by atoms with E-state index in [9.17, 15) is 4.79 Å². The molecule has 0 aliphatic rings. The molecule has 0 unspecified atom stereocenters. The van der Waals surface area contributed by atoms with Crippen molar-refractivity contribution in [2.45, 2.75) is 12.0 Å². The molecule has 0 saturated carbocycles. The van der Waals surface area contributed by atoms with Crippen LogP contribution >= 0.6 is 0 Å². The number of hydrogen-bond donors (Lipinski definition) is 6. The molecule has 0 spiro atoms. The normalized spacial score (nSPS) is 10.9. The maximum Gasteiger partial charge on any atom is 0.219 e. The van der Waals surface area contributed by atoms with Gasteiger partial charge in [0.2, 0.25) is 5.91 Å². The van der Waals surface area contributed by atoms with Gasteiger partial charge in [-0.25, -0.2) is 0 Å². The van der Waals surface area contributed by atoms with Crippen molar-refractivity contribution in [1.82, 2.24) is 5.32 Å². The van der Waals surface area contributed by atoms with Gasteiger partial charge in [-0.2, -0.15) is 0 Å². The zero-order valence-corrected chi connectivity index (χ0v) is 7.08. The van der Waals surface area contributed by atoms with Crippen molar-refractivity contribution >= 4 is 11.9 Å². The van der Waals surface area contributed by atoms with Crippen LogP contribution in [0.25, 0.3) is 0 Å². The third kappa shape index (κ3) is 3.72. The number of primary amides is 1. The first kappa shape index (κ1) is 11.7. The lowest BCUT2D eigenvalue weighted by Crippen LogP contribution is -2.57. The fourth-order valence-corrected chi connectivity index (χ4v) is 0.904. The van der Waals surface area contributed by atoms with Gasteiger partial charge in [-0.1, -0.05) is 0 Å². The van der Waals surface area contributed by atoms with Crippen LogP contribution in [-0.4, -0.2) is 40.8 Å². The van der Waals surface area contributed by atoms with Crippen LogP contribution in [0.15, 0.2) is 0 Å². The minimum Gasteiger partial charge on any atom is -0.394 e. The van der Waals surface area contributed by atoms with Crippen molar-refractivity contribution in [1.29, 1.82) is 5.41 Å². The molecular formula is C6H14N4O3. The summed E-state index contributed by atoms with van der Waals surface area (Å²) in [7, 11) is 0. The average Bonchev–Trinajstić information content (AvgIpc) is 2.01. The molecule has 0 radical (unpaired) electrons. The van der Waals surface area contributed by atoms with Crippen LogP contribution < -0.4 is 16.8 Å². The summed E-state index contributed by atoms with van der Waals surface area (Å²) in [6.45, 7) is -1.07. The van der Waals surface area contributed by atoms with Crippen LogP contribution in [0.2, 0.25) is 0 Å². The first-order chi connectivity index (χ1) is 5.95. The largest absolute Gasteiger partial charge is 0.394 e. The number of carbonyl (C=O) groups is 1. The van der Waals surface area contributed by atoms with E-state index in [4.69, 9.17) is 27.1 Å². The van der Waals surface area contributed by atoms with Gasteiger partial charge in [-0.05, 0) is 0 Å². The van der Waals surface area contributed by atoms with Gasteiger partial charge in [-0.15, -0.1) is 0 Å². The standard InChI is InChI=1S/C6H14N4O3/c7-4(13)1-6(2-11,3-12)10-5(8)9/h11-12H,1-3H2,(H2,7,13)(H4,8,9,10). The predicted octanol–water partition coefficient (Wildman–Crippen LogP) is -2.93. The van der Waals surface area contributed by atoms with Gasteiger partial charge in [-0.3, -0.25) is 10.2 Å². The van der Waals surface area contributed by atoms with Crippen molar-refractivity contribution in [3.05, 3.63) is 0 Å². The van der Waals surface area contributed by atoms with Gasteiger partial charge in [0.25, 0.3) is 0 Å². The molecule has 8 N–H and O–H groups in total. The molecule has 0 rings (SSSR count). The summed E-state index contributed by atoms with van der Waals surface area (Å²) in [6.07, 6.45) is -0.292. The number of amides is 1. The van der Waals surface area contributed by atoms with E-state index in [0.29, 0.717) is 0 Å². The monoisotopic (exact) mass is 190 g/mol. The summed E-state index contributed by atoms with van der Waals surface area (Å²) in [5, 5.41) is 27.0. The fourth-order valence-electron chi connectivity index (χ4n) is 0.904. The summed E-state index contributed by atoms with van der Waals surface area (Å²) in [5.41, 5.74) is 8.56. The molecule has 0 aromatic rings. The number of hydrogen-bond acceptors (Lipinski definition) is 4. The molecule has 76 valence electrons. The summed E-state index contributed by atoms with van der Waals surface area (Å²) >= 11 is 0. The average molecular weight is 190 g/mol. The lowest BCUT2D eigenvalue weighted by Gasteiger charge is -2.29. The van der Waals surface area contributed by atoms with E-state index < -0.39 is 30.6 Å². The highest BCUT2D eigenvalue weighted by atomic mass is 16.3. The summed E-state index contributed by atoms with van der Waals surface area (Å²) < 4.78 is 0. The molecule has 7 heteroatoms. The predicted molar refractivity (Wildman–Crippen MR) is 45.8 cm³/mol. The highest BCUT2D eigenvalue weighted by Gasteiger charge is 2.31. The second kappa shape index (κ2) is 4.63. The van der Waals surface area contributed by atoms with E-state index in [1.165, 1.54) is 0 Å². The topological polar surface area (TPSA) is 145 Å². The summed E-state index contributed by atoms with van der Waals surface area (Å²) in [6, 6.07) is 0. The van der Waals surface area contributed by atoms with E-state index in [0.717, 1.165) is 0 Å². The van der Waals surface area contributed by atoms with E-state index in [-0.39, 0.29) is 6.42 Å². The molecule has 13 heavy (non-hydrogen) atoms. The fraction of sp³-hybridized carbons (Fsp3) is 0.667. The van der Waals surface area contributed by atoms with Crippen molar-refractivity contribution in [3.63, 3.8) is 0 Å². The number of aliphatic hydroxyl groups excluding tert-OH is 2. The number of aliphatic hydroxyl groups is 2. The van der Waals surface area contributed by atoms with Crippen molar-refractivity contribution in [3.8, 4) is 0 Å². The number of guanidine groups is 1. The molecule has 0 bridgehead atoms. The van der Waals surface area contributed by atoms with Gasteiger partial charge in [0.15, 0.2) is 5.96 Å². The van der Waals surface area contributed by atoms with Crippen LogP contribution in [0.3, 0.4) is 0 Å². The molecule has 7 nitrogen and oxygen atoms in total. The Morgan fingerprint density at radius 3 is 2.08 bits per heavy atom. The lowest BCUT2D eigenvalue weighted by atomic mass is 9.97. The Morgan fingerprint density at radius 1 is 1.38 bits per heavy atom. The van der Waals surface area contributed by atoms with Crippen LogP contribution in [0, 0.1) is 5.41 Å². The Morgan fingerprint density at radius 2 is 1.85 bits per heavy atom. The molecule has 0 aliphatic heterocycles. The molecule has 0 aromatic carbocycles. The van der Waals surface area contributed by atoms with Crippen molar-refractivity contribution < 1.29 is 15.0 Å². The zero-order valence-electron chi connectivity index (χ0n) is 7.08. The van der Waals surface area contributed by atoms with E-state index in [1.54, 1.807) is 0 Å². The van der Waals surface area contributed by atoms with Crippen molar-refractivity contribution in [2.75, 3.05) is 13.2 Å². The van der Waals surface area contributed by atoms with E-state index in [1.807, 2.05) is 0 Å². The lowest BCUT2D eigenvalue weighted by molar-refractivity contribution is -0.120. The molecule has 0 aliphatic carbocycles. The SMILES string of the molecule is N=C(N)NC(CO)(CO)CC(N)=O. The van der Waals surface area contributed by atoms with Crippen LogP contribution in [0.1, 0.15) is 6.42 Å². The number of nitrogens with one attached hydrogen (secondary N) is 2. The van der Waals surface area contributed by atoms with Crippen LogP contribution in [0.5, 0.6) is 0 Å². The zero-order chi connectivity index (χ0) is 10.5. The van der Waals surface area contributed by atoms with Crippen LogP contribution in [-0.2, 0) is 4.79 Å². The Kier molecular flexibility index (Phi) is 4.15. The minimum absolute atomic E-state index is 0.292. The van der Waals surface area contributed by atoms with E-state index in [2.05, 4.69) is 5.32 Å². The Balaban J connectivity index is 4.48. The minimum atomic E-state index is -1.34. The maximum absolute atomic E-state index is 10.6. The summed E-state index contributed by atoms with van der Waals surface area (Å²) in [5.74, 6) is -1.14. The first-order valence-corrected chi connectivity index (χ1v) is 3.58. The molecular weight excluding hydrogens is 176 g/mol. The Hall–Kier alpha value is -1.34. The van der Waals surface area contributed by atoms with Gasteiger partial charge >= 0.3 is 0 Å². The molecule has 0 atom stereocenters. The smallest absolute Gasteiger partial charge is 0.219 e. The molecule has 0 heterocycles. The highest BCUT2D eigenvalue weighted by Crippen LogP contribution is 2.07. The number of carbonyl (C=O) groups excluding carboxylic acids is 1. The maximum atomic E-state index is 10.6. The highest BCUT2D eigenvalue weighted by molar-refractivity contribution is 5.79. The van der Waals surface area contributed by atoms with E-state index >= 15 is 0 Å². The number of rotatable bonds is 5. The number of nitrogens with two attached hydrogens (primary N) is 2. The Labute approximate surface area is 75.2 Å².